The zero-order valence-corrected chi connectivity index (χ0v) is 37.4. The molecule has 0 saturated carbocycles. The molecule has 6 heteroatoms. The first-order valence-electron chi connectivity index (χ1n) is 24.3. The van der Waals surface area contributed by atoms with E-state index in [-0.39, 0.29) is 31.1 Å². The zero-order valence-electron chi connectivity index (χ0n) is 37.4. The van der Waals surface area contributed by atoms with E-state index in [2.05, 4.69) is 45.1 Å². The highest BCUT2D eigenvalue weighted by Crippen LogP contribution is 2.15. The number of allylic oxidation sites excluding steroid dienone is 4. The van der Waals surface area contributed by atoms with Gasteiger partial charge in [0.05, 0.1) is 0 Å². The maximum Gasteiger partial charge on any atom is 0.306 e. The van der Waals surface area contributed by atoms with Gasteiger partial charge in [0.15, 0.2) is 6.10 Å². The average Bonchev–Trinajstić information content (AvgIpc) is 3.19. The Morgan fingerprint density at radius 3 is 0.946 bits per heavy atom. The van der Waals surface area contributed by atoms with E-state index in [0.29, 0.717) is 19.3 Å². The number of rotatable bonds is 44. The Morgan fingerprint density at radius 2 is 0.607 bits per heavy atom. The maximum absolute atomic E-state index is 12.7. The Balaban J connectivity index is 4.36. The molecule has 0 spiro atoms. The fraction of sp³-hybridized carbons (Fsp3) is 0.860. The van der Waals surface area contributed by atoms with Crippen molar-refractivity contribution in [2.45, 2.75) is 264 Å². The number of esters is 3. The summed E-state index contributed by atoms with van der Waals surface area (Å²) < 4.78 is 16.7. The van der Waals surface area contributed by atoms with E-state index in [1.165, 1.54) is 148 Å². The highest BCUT2D eigenvalue weighted by Gasteiger charge is 2.19. The van der Waals surface area contributed by atoms with E-state index in [9.17, 15) is 14.4 Å². The summed E-state index contributed by atoms with van der Waals surface area (Å²) in [5.74, 6) is -0.885. The van der Waals surface area contributed by atoms with Crippen LogP contribution in [0.25, 0.3) is 0 Å². The molecule has 0 aliphatic heterocycles. The van der Waals surface area contributed by atoms with Gasteiger partial charge in [-0.1, -0.05) is 199 Å². The molecule has 0 bridgehead atoms. The van der Waals surface area contributed by atoms with Gasteiger partial charge >= 0.3 is 17.9 Å². The van der Waals surface area contributed by atoms with E-state index in [1.54, 1.807) is 0 Å². The summed E-state index contributed by atoms with van der Waals surface area (Å²) in [7, 11) is 0. The number of unbranched alkanes of at least 4 members (excludes halogenated alkanes) is 29. The van der Waals surface area contributed by atoms with Crippen molar-refractivity contribution in [2.24, 2.45) is 0 Å². The summed E-state index contributed by atoms with van der Waals surface area (Å²) in [4.78, 5) is 37.8. The molecule has 0 aromatic carbocycles. The first-order chi connectivity index (χ1) is 27.5. The van der Waals surface area contributed by atoms with Gasteiger partial charge in [0, 0.05) is 19.3 Å². The second-order valence-corrected chi connectivity index (χ2v) is 16.4. The quantitative estimate of drug-likeness (QED) is 0.0265. The number of hydrogen-bond donors (Lipinski definition) is 0. The number of ether oxygens (including phenoxy) is 3. The van der Waals surface area contributed by atoms with Crippen LogP contribution >= 0.6 is 0 Å². The lowest BCUT2D eigenvalue weighted by Crippen LogP contribution is -2.30. The van der Waals surface area contributed by atoms with Gasteiger partial charge in [-0.15, -0.1) is 0 Å². The summed E-state index contributed by atoms with van der Waals surface area (Å²) in [6.07, 6.45) is 50.1. The van der Waals surface area contributed by atoms with Gasteiger partial charge in [-0.2, -0.15) is 0 Å². The fourth-order valence-electron chi connectivity index (χ4n) is 6.95. The topological polar surface area (TPSA) is 78.9 Å². The van der Waals surface area contributed by atoms with Crippen molar-refractivity contribution in [3.8, 4) is 0 Å². The first-order valence-corrected chi connectivity index (χ1v) is 24.3. The standard InChI is InChI=1S/C50H92O6/c1-4-7-10-13-16-19-22-24-25-26-29-32-35-38-41-44-50(53)56-47(45-54-48(51)42-39-36-33-30-27-21-18-15-12-9-6-3)46-55-49(52)43-40-37-34-31-28-23-20-17-14-11-8-5-2/h15,18,24-25,47H,4-14,16-17,19-23,26-46H2,1-3H3/b18-15-,25-24-/t47-/m1/s1. The zero-order chi connectivity index (χ0) is 40.8. The van der Waals surface area contributed by atoms with Gasteiger partial charge in [-0.05, 0) is 64.2 Å². The Labute approximate surface area is 347 Å². The molecule has 0 aliphatic carbocycles. The maximum atomic E-state index is 12.7. The van der Waals surface area contributed by atoms with Crippen molar-refractivity contribution >= 4 is 17.9 Å². The molecule has 0 heterocycles. The van der Waals surface area contributed by atoms with E-state index in [0.717, 1.165) is 70.6 Å². The minimum absolute atomic E-state index is 0.0740. The van der Waals surface area contributed by atoms with E-state index in [4.69, 9.17) is 14.2 Å². The molecule has 0 rings (SSSR count). The van der Waals surface area contributed by atoms with Gasteiger partial charge < -0.3 is 14.2 Å². The molecule has 0 unspecified atom stereocenters. The molecular formula is C50H92O6. The summed E-state index contributed by atoms with van der Waals surface area (Å²) in [5, 5.41) is 0. The highest BCUT2D eigenvalue weighted by atomic mass is 16.6. The monoisotopic (exact) mass is 789 g/mol. The molecule has 0 aliphatic rings. The molecule has 0 radical (unpaired) electrons. The van der Waals surface area contributed by atoms with Crippen molar-refractivity contribution in [1.29, 1.82) is 0 Å². The normalized spacial score (nSPS) is 12.1. The second kappa shape index (κ2) is 45.6. The molecule has 0 aromatic heterocycles. The van der Waals surface area contributed by atoms with Gasteiger partial charge in [0.1, 0.15) is 13.2 Å². The average molecular weight is 789 g/mol. The molecule has 1 atom stereocenters. The Bertz CT molecular complexity index is 911. The molecule has 328 valence electrons. The van der Waals surface area contributed by atoms with Crippen LogP contribution in [-0.2, 0) is 28.6 Å². The smallest absolute Gasteiger partial charge is 0.306 e. The third-order valence-corrected chi connectivity index (χ3v) is 10.7. The minimum Gasteiger partial charge on any atom is -0.462 e. The van der Waals surface area contributed by atoms with Crippen LogP contribution in [-0.4, -0.2) is 37.2 Å². The van der Waals surface area contributed by atoms with Crippen molar-refractivity contribution < 1.29 is 28.6 Å². The summed E-state index contributed by atoms with van der Waals surface area (Å²) >= 11 is 0. The van der Waals surface area contributed by atoms with Crippen molar-refractivity contribution in [3.63, 3.8) is 0 Å². The second-order valence-electron chi connectivity index (χ2n) is 16.4. The lowest BCUT2D eigenvalue weighted by atomic mass is 10.0. The van der Waals surface area contributed by atoms with Crippen LogP contribution in [0.3, 0.4) is 0 Å². The number of carbonyl (C=O) groups excluding carboxylic acids is 3. The number of hydrogen-bond acceptors (Lipinski definition) is 6. The molecule has 0 saturated heterocycles. The van der Waals surface area contributed by atoms with Crippen LogP contribution in [0.2, 0.25) is 0 Å². The molecule has 6 nitrogen and oxygen atoms in total. The van der Waals surface area contributed by atoms with Crippen molar-refractivity contribution in [2.75, 3.05) is 13.2 Å². The van der Waals surface area contributed by atoms with E-state index in [1.807, 2.05) is 0 Å². The van der Waals surface area contributed by atoms with E-state index < -0.39 is 6.10 Å². The lowest BCUT2D eigenvalue weighted by Gasteiger charge is -2.18. The van der Waals surface area contributed by atoms with Crippen LogP contribution < -0.4 is 0 Å². The van der Waals surface area contributed by atoms with Gasteiger partial charge in [-0.3, -0.25) is 14.4 Å². The van der Waals surface area contributed by atoms with Crippen molar-refractivity contribution in [1.82, 2.24) is 0 Å². The minimum atomic E-state index is -0.772. The third-order valence-electron chi connectivity index (χ3n) is 10.7. The van der Waals surface area contributed by atoms with Crippen LogP contribution in [0.5, 0.6) is 0 Å². The van der Waals surface area contributed by atoms with Crippen LogP contribution in [0, 0.1) is 0 Å². The fourth-order valence-corrected chi connectivity index (χ4v) is 6.95. The largest absolute Gasteiger partial charge is 0.462 e. The molecule has 0 N–H and O–H groups in total. The first kappa shape index (κ1) is 53.9. The SMILES string of the molecule is CCCC/C=C\CCCCCCCC(=O)OC[C@H](COC(=O)CCCCCCCCCCCCCC)OC(=O)CCCCCCC/C=C\CCCCCCCC. The Hall–Kier alpha value is -2.11. The molecule has 56 heavy (non-hydrogen) atoms. The van der Waals surface area contributed by atoms with Gasteiger partial charge in [0.25, 0.3) is 0 Å². The summed E-state index contributed by atoms with van der Waals surface area (Å²) in [5.41, 5.74) is 0. The predicted molar refractivity (Wildman–Crippen MR) is 238 cm³/mol. The van der Waals surface area contributed by atoms with Crippen LogP contribution in [0.1, 0.15) is 258 Å². The number of carbonyl (C=O) groups is 3. The van der Waals surface area contributed by atoms with Gasteiger partial charge in [0.2, 0.25) is 0 Å². The molecule has 0 fully saturated rings. The van der Waals surface area contributed by atoms with Crippen molar-refractivity contribution in [3.05, 3.63) is 24.3 Å². The highest BCUT2D eigenvalue weighted by molar-refractivity contribution is 5.71. The van der Waals surface area contributed by atoms with Gasteiger partial charge in [-0.25, -0.2) is 0 Å². The summed E-state index contributed by atoms with van der Waals surface area (Å²) in [6, 6.07) is 0. The summed E-state index contributed by atoms with van der Waals surface area (Å²) in [6.45, 7) is 6.59. The van der Waals surface area contributed by atoms with Crippen LogP contribution in [0.4, 0.5) is 0 Å². The molecular weight excluding hydrogens is 697 g/mol. The Morgan fingerprint density at radius 1 is 0.339 bits per heavy atom. The lowest BCUT2D eigenvalue weighted by molar-refractivity contribution is -0.167. The molecule has 0 amide bonds. The predicted octanol–water partition coefficient (Wildman–Crippen LogP) is 15.6. The third kappa shape index (κ3) is 43.0. The molecule has 0 aromatic rings. The Kier molecular flexibility index (Phi) is 43.9. The van der Waals surface area contributed by atoms with Crippen LogP contribution in [0.15, 0.2) is 24.3 Å². The van der Waals surface area contributed by atoms with E-state index >= 15 is 0 Å².